The Kier molecular flexibility index (Phi) is 6.59. The van der Waals surface area contributed by atoms with Crippen molar-refractivity contribution in [2.75, 3.05) is 5.32 Å². The van der Waals surface area contributed by atoms with Gasteiger partial charge in [0.05, 0.1) is 17.5 Å². The van der Waals surface area contributed by atoms with Crippen molar-refractivity contribution in [1.29, 1.82) is 0 Å². The molecule has 40 heavy (non-hydrogen) atoms. The minimum Gasteiger partial charge on any atom is -0.474 e. The number of para-hydroxylation sites is 1. The van der Waals surface area contributed by atoms with Crippen molar-refractivity contribution in [1.82, 2.24) is 15.1 Å². The molecule has 3 aromatic carbocycles. The minimum absolute atomic E-state index is 0.0105. The van der Waals surface area contributed by atoms with Crippen molar-refractivity contribution < 1.29 is 23.1 Å². The Balaban J connectivity index is 1.44. The van der Waals surface area contributed by atoms with Crippen LogP contribution < -0.4 is 15.4 Å². The van der Waals surface area contributed by atoms with Crippen LogP contribution in [0.4, 0.5) is 14.5 Å². The Morgan fingerprint density at radius 2 is 1.82 bits per heavy atom. The second-order valence-corrected chi connectivity index (χ2v) is 9.70. The van der Waals surface area contributed by atoms with Gasteiger partial charge in [0.25, 0.3) is 11.8 Å². The molecule has 4 aromatic rings. The number of benzodiazepines with no additional fused rings is 1. The zero-order valence-electron chi connectivity index (χ0n) is 21.5. The number of hydrogen-bond donors (Lipinski definition) is 2. The first-order valence-electron chi connectivity index (χ1n) is 13.0. The molecule has 2 amide bonds. The molecule has 3 heterocycles. The topological polar surface area (TPSA) is 97.6 Å². The molecular formula is C30H25F2N5O3. The Morgan fingerprint density at radius 3 is 2.62 bits per heavy atom. The highest BCUT2D eigenvalue weighted by atomic mass is 19.1. The molecule has 2 aliphatic heterocycles. The molecule has 10 heteroatoms. The zero-order chi connectivity index (χ0) is 27.8. The third kappa shape index (κ3) is 4.72. The number of carbonyl (C=O) groups is 2. The first-order chi connectivity index (χ1) is 19.4. The van der Waals surface area contributed by atoms with Crippen LogP contribution in [0.5, 0.6) is 5.88 Å². The van der Waals surface area contributed by atoms with Crippen molar-refractivity contribution in [2.24, 2.45) is 4.99 Å². The number of nitrogens with one attached hydrogen (secondary N) is 2. The van der Waals surface area contributed by atoms with Crippen LogP contribution in [0.2, 0.25) is 0 Å². The fraction of sp³-hybridized carbons (Fsp3) is 0.200. The van der Waals surface area contributed by atoms with E-state index in [0.717, 1.165) is 30.5 Å². The molecule has 6 rings (SSSR count). The van der Waals surface area contributed by atoms with Crippen LogP contribution in [0.25, 0.3) is 11.3 Å². The van der Waals surface area contributed by atoms with Gasteiger partial charge < -0.3 is 15.4 Å². The molecule has 0 saturated carbocycles. The van der Waals surface area contributed by atoms with E-state index in [1.165, 1.54) is 10.7 Å². The molecule has 2 aliphatic rings. The van der Waals surface area contributed by atoms with Gasteiger partial charge in [0.1, 0.15) is 22.9 Å². The van der Waals surface area contributed by atoms with E-state index in [2.05, 4.69) is 20.7 Å². The number of ether oxygens (including phenoxy) is 1. The fourth-order valence-electron chi connectivity index (χ4n) is 4.95. The summed E-state index contributed by atoms with van der Waals surface area (Å²) in [5.74, 6) is -2.74. The molecule has 0 saturated heterocycles. The van der Waals surface area contributed by atoms with Crippen LogP contribution in [0.3, 0.4) is 0 Å². The van der Waals surface area contributed by atoms with Gasteiger partial charge in [-0.1, -0.05) is 48.5 Å². The molecule has 0 fully saturated rings. The van der Waals surface area contributed by atoms with E-state index in [-0.39, 0.29) is 28.8 Å². The molecule has 0 radical (unpaired) electrons. The van der Waals surface area contributed by atoms with Gasteiger partial charge in [-0.3, -0.25) is 9.59 Å². The summed E-state index contributed by atoms with van der Waals surface area (Å²) in [6, 6.07) is 19.6. The Labute approximate surface area is 228 Å². The highest BCUT2D eigenvalue weighted by molar-refractivity contribution is 6.20. The molecule has 0 bridgehead atoms. The summed E-state index contributed by atoms with van der Waals surface area (Å²) in [6.45, 7) is 2.31. The number of aromatic nitrogens is 2. The first-order valence-corrected chi connectivity index (χ1v) is 13.0. The number of nitrogens with zero attached hydrogens (tertiary/aromatic N) is 3. The van der Waals surface area contributed by atoms with Crippen molar-refractivity contribution in [3.05, 3.63) is 101 Å². The average molecular weight is 542 g/mol. The maximum Gasteiger partial charge on any atom is 0.269 e. The summed E-state index contributed by atoms with van der Waals surface area (Å²) in [4.78, 5) is 31.9. The summed E-state index contributed by atoms with van der Waals surface area (Å²) in [7, 11) is 0. The second kappa shape index (κ2) is 10.4. The maximum atomic E-state index is 14.9. The highest BCUT2D eigenvalue weighted by Gasteiger charge is 2.34. The number of hydrogen-bond acceptors (Lipinski definition) is 5. The van der Waals surface area contributed by atoms with Crippen molar-refractivity contribution in [3.63, 3.8) is 0 Å². The van der Waals surface area contributed by atoms with E-state index in [0.29, 0.717) is 23.5 Å². The van der Waals surface area contributed by atoms with Gasteiger partial charge in [-0.05, 0) is 38.0 Å². The van der Waals surface area contributed by atoms with E-state index in [1.807, 2.05) is 49.4 Å². The lowest BCUT2D eigenvalue weighted by Crippen LogP contribution is -2.42. The maximum absolute atomic E-state index is 14.9. The van der Waals surface area contributed by atoms with Crippen LogP contribution in [0, 0.1) is 11.6 Å². The van der Waals surface area contributed by atoms with Crippen molar-refractivity contribution in [2.45, 2.75) is 38.6 Å². The standard InChI is InChI=1S/C30H25F2N5O3/c1-17-8-7-15-37-30(40-17)24(26(36-37)20-14-13-19(31)16-22(20)32)28(38)35-27-29(39)33-23-12-6-5-11-21(23)25(34-27)18-9-3-2-4-10-18/h2-6,9-14,16-17,27H,7-8,15H2,1H3,(H,33,39)(H,35,38)/t17-,27+/m0/s1. The van der Waals surface area contributed by atoms with Crippen LogP contribution in [-0.4, -0.2) is 39.6 Å². The number of aryl methyl sites for hydroxylation is 1. The monoisotopic (exact) mass is 541 g/mol. The fourth-order valence-corrected chi connectivity index (χ4v) is 4.95. The summed E-state index contributed by atoms with van der Waals surface area (Å²) in [6.07, 6.45) is -0.0804. The van der Waals surface area contributed by atoms with Crippen LogP contribution in [-0.2, 0) is 11.3 Å². The van der Waals surface area contributed by atoms with Gasteiger partial charge in [-0.15, -0.1) is 0 Å². The van der Waals surface area contributed by atoms with Gasteiger partial charge in [0.15, 0.2) is 0 Å². The Morgan fingerprint density at radius 1 is 1.05 bits per heavy atom. The molecule has 2 atom stereocenters. The van der Waals surface area contributed by atoms with Gasteiger partial charge in [-0.2, -0.15) is 5.10 Å². The molecule has 2 N–H and O–H groups in total. The minimum atomic E-state index is -1.32. The summed E-state index contributed by atoms with van der Waals surface area (Å²) >= 11 is 0. The number of anilines is 1. The quantitative estimate of drug-likeness (QED) is 0.383. The molecule has 0 aliphatic carbocycles. The van der Waals surface area contributed by atoms with Crippen molar-refractivity contribution >= 4 is 23.2 Å². The lowest BCUT2D eigenvalue weighted by Gasteiger charge is -2.16. The Bertz CT molecular complexity index is 1650. The third-order valence-electron chi connectivity index (χ3n) is 6.87. The number of rotatable bonds is 4. The van der Waals surface area contributed by atoms with Gasteiger partial charge in [0, 0.05) is 29.3 Å². The Hall–Kier alpha value is -4.86. The number of halogens is 2. The van der Waals surface area contributed by atoms with E-state index in [4.69, 9.17) is 4.74 Å². The van der Waals surface area contributed by atoms with Gasteiger partial charge in [-0.25, -0.2) is 18.5 Å². The normalized spacial score (nSPS) is 18.3. The van der Waals surface area contributed by atoms with E-state index in [9.17, 15) is 18.4 Å². The number of benzene rings is 3. The number of aliphatic imine (C=N–C) groups is 1. The van der Waals surface area contributed by atoms with Gasteiger partial charge >= 0.3 is 0 Å². The SMILES string of the molecule is C[C@H]1CCCn2nc(-c3ccc(F)cc3F)c(C(=O)N[C@H]3N=C(c4ccccc4)c4ccccc4NC3=O)c2O1. The zero-order valence-corrected chi connectivity index (χ0v) is 21.5. The lowest BCUT2D eigenvalue weighted by atomic mass is 10.0. The van der Waals surface area contributed by atoms with Crippen LogP contribution >= 0.6 is 0 Å². The largest absolute Gasteiger partial charge is 0.474 e. The molecule has 0 spiro atoms. The summed E-state index contributed by atoms with van der Waals surface area (Å²) in [5, 5.41) is 10.0. The molecule has 0 unspecified atom stereocenters. The number of carbonyl (C=O) groups excluding carboxylic acids is 2. The molecule has 1 aromatic heterocycles. The highest BCUT2D eigenvalue weighted by Crippen LogP contribution is 2.35. The summed E-state index contributed by atoms with van der Waals surface area (Å²) in [5.41, 5.74) is 2.41. The smallest absolute Gasteiger partial charge is 0.269 e. The molecular weight excluding hydrogens is 516 g/mol. The molecule has 8 nitrogen and oxygen atoms in total. The molecule has 202 valence electrons. The number of amides is 2. The van der Waals surface area contributed by atoms with Crippen LogP contribution in [0.15, 0.2) is 77.8 Å². The van der Waals surface area contributed by atoms with Gasteiger partial charge in [0.2, 0.25) is 12.0 Å². The second-order valence-electron chi connectivity index (χ2n) is 9.70. The van der Waals surface area contributed by atoms with Crippen molar-refractivity contribution in [3.8, 4) is 17.1 Å². The predicted octanol–water partition coefficient (Wildman–Crippen LogP) is 4.94. The van der Waals surface area contributed by atoms with E-state index < -0.39 is 29.6 Å². The first kappa shape index (κ1) is 25.4. The lowest BCUT2D eigenvalue weighted by molar-refractivity contribution is -0.117. The van der Waals surface area contributed by atoms with E-state index in [1.54, 1.807) is 12.1 Å². The van der Waals surface area contributed by atoms with Crippen LogP contribution in [0.1, 0.15) is 41.3 Å². The summed E-state index contributed by atoms with van der Waals surface area (Å²) < 4.78 is 36.2. The predicted molar refractivity (Wildman–Crippen MR) is 145 cm³/mol. The average Bonchev–Trinajstić information content (AvgIpc) is 3.08. The van der Waals surface area contributed by atoms with E-state index >= 15 is 0 Å². The number of fused-ring (bicyclic) bond motifs is 2. The third-order valence-corrected chi connectivity index (χ3v) is 6.87.